The van der Waals surface area contributed by atoms with E-state index >= 15 is 0 Å². The Morgan fingerprint density at radius 1 is 1.00 bits per heavy atom. The number of hydrogen-bond donors (Lipinski definition) is 2. The summed E-state index contributed by atoms with van der Waals surface area (Å²) in [6.07, 6.45) is 5.67. The number of aromatic amines is 1. The van der Waals surface area contributed by atoms with E-state index in [2.05, 4.69) is 10.3 Å². The average Bonchev–Trinajstić information content (AvgIpc) is 2.68. The molecule has 2 N–H and O–H groups in total. The molecule has 1 fully saturated rings. The van der Waals surface area contributed by atoms with Gasteiger partial charge in [-0.2, -0.15) is 0 Å². The molecule has 0 bridgehead atoms. The first-order chi connectivity index (χ1) is 14.0. The van der Waals surface area contributed by atoms with Crippen LogP contribution >= 0.6 is 34.8 Å². The van der Waals surface area contributed by atoms with Crippen molar-refractivity contribution in [2.75, 3.05) is 0 Å². The molecule has 152 valence electrons. The van der Waals surface area contributed by atoms with Crippen molar-refractivity contribution in [2.24, 2.45) is 0 Å². The SMILES string of the molecule is O=c1[nH]ccc2cc(OC3CCC(NCc4cc(Cl)cc(Cl)c4)CC3)c(Cl)cc12. The molecule has 0 radical (unpaired) electrons. The Bertz CT molecular complexity index is 1060. The van der Waals surface area contributed by atoms with Gasteiger partial charge in [-0.1, -0.05) is 34.8 Å². The molecule has 0 spiro atoms. The highest BCUT2D eigenvalue weighted by atomic mass is 35.5. The number of hydrogen-bond acceptors (Lipinski definition) is 3. The van der Waals surface area contributed by atoms with Crippen LogP contribution < -0.4 is 15.6 Å². The van der Waals surface area contributed by atoms with Crippen LogP contribution in [0.15, 0.2) is 47.4 Å². The third kappa shape index (κ3) is 5.07. The van der Waals surface area contributed by atoms with Crippen molar-refractivity contribution in [3.05, 3.63) is 73.6 Å². The van der Waals surface area contributed by atoms with E-state index in [1.807, 2.05) is 24.3 Å². The maximum Gasteiger partial charge on any atom is 0.255 e. The van der Waals surface area contributed by atoms with Gasteiger partial charge in [0.1, 0.15) is 5.75 Å². The van der Waals surface area contributed by atoms with Crippen LogP contribution in [0, 0.1) is 0 Å². The molecule has 0 atom stereocenters. The average molecular weight is 452 g/mol. The van der Waals surface area contributed by atoms with E-state index in [1.165, 1.54) is 0 Å². The summed E-state index contributed by atoms with van der Waals surface area (Å²) in [5, 5.41) is 6.74. The molecule has 1 aliphatic rings. The van der Waals surface area contributed by atoms with Crippen LogP contribution in [0.2, 0.25) is 15.1 Å². The number of nitrogens with one attached hydrogen (secondary N) is 2. The molecular formula is C22H21Cl3N2O2. The first-order valence-electron chi connectivity index (χ1n) is 9.64. The molecule has 1 heterocycles. The first-order valence-corrected chi connectivity index (χ1v) is 10.8. The predicted molar refractivity (Wildman–Crippen MR) is 120 cm³/mol. The minimum atomic E-state index is -0.150. The van der Waals surface area contributed by atoms with Gasteiger partial charge in [-0.15, -0.1) is 0 Å². The monoisotopic (exact) mass is 450 g/mol. The van der Waals surface area contributed by atoms with Crippen LogP contribution in [-0.4, -0.2) is 17.1 Å². The van der Waals surface area contributed by atoms with Gasteiger partial charge >= 0.3 is 0 Å². The predicted octanol–water partition coefficient (Wildman–Crippen LogP) is 5.97. The molecule has 1 aromatic heterocycles. The summed E-state index contributed by atoms with van der Waals surface area (Å²) >= 11 is 18.5. The number of fused-ring (bicyclic) bond motifs is 1. The Hall–Kier alpha value is -1.72. The lowest BCUT2D eigenvalue weighted by molar-refractivity contribution is 0.139. The molecule has 0 unspecified atom stereocenters. The van der Waals surface area contributed by atoms with Crippen molar-refractivity contribution in [1.29, 1.82) is 0 Å². The maximum absolute atomic E-state index is 11.9. The van der Waals surface area contributed by atoms with Crippen molar-refractivity contribution in [3.63, 3.8) is 0 Å². The first kappa shape index (κ1) is 20.5. The molecule has 0 saturated heterocycles. The highest BCUT2D eigenvalue weighted by Crippen LogP contribution is 2.32. The zero-order valence-electron chi connectivity index (χ0n) is 15.7. The molecule has 3 aromatic rings. The molecule has 0 amide bonds. The fourth-order valence-electron chi connectivity index (χ4n) is 3.82. The van der Waals surface area contributed by atoms with E-state index in [9.17, 15) is 4.79 Å². The molecule has 0 aliphatic heterocycles. The molecule has 1 saturated carbocycles. The highest BCUT2D eigenvalue weighted by molar-refractivity contribution is 6.34. The highest BCUT2D eigenvalue weighted by Gasteiger charge is 2.23. The molecular weight excluding hydrogens is 431 g/mol. The molecule has 2 aromatic carbocycles. The number of ether oxygens (including phenoxy) is 1. The summed E-state index contributed by atoms with van der Waals surface area (Å²) in [5.41, 5.74) is 0.933. The topological polar surface area (TPSA) is 54.1 Å². The Morgan fingerprint density at radius 3 is 2.45 bits per heavy atom. The summed E-state index contributed by atoms with van der Waals surface area (Å²) < 4.78 is 6.17. The Balaban J connectivity index is 1.33. The van der Waals surface area contributed by atoms with E-state index in [0.29, 0.717) is 32.2 Å². The molecule has 7 heteroatoms. The number of rotatable bonds is 5. The standard InChI is InChI=1S/C22H21Cl3N2O2/c23-15-7-13(8-16(24)10-15)12-27-17-1-3-18(4-2-17)29-21-9-14-5-6-26-22(28)19(14)11-20(21)25/h5-11,17-18,27H,1-4,12H2,(H,26,28). The zero-order valence-corrected chi connectivity index (χ0v) is 17.9. The number of aromatic nitrogens is 1. The molecule has 1 aliphatic carbocycles. The van der Waals surface area contributed by atoms with E-state index < -0.39 is 0 Å². The van der Waals surface area contributed by atoms with Crippen molar-refractivity contribution >= 4 is 45.6 Å². The Morgan fingerprint density at radius 2 is 1.72 bits per heavy atom. The van der Waals surface area contributed by atoms with Crippen molar-refractivity contribution < 1.29 is 4.74 Å². The lowest BCUT2D eigenvalue weighted by Crippen LogP contribution is -2.36. The van der Waals surface area contributed by atoms with Crippen LogP contribution in [-0.2, 0) is 6.54 Å². The van der Waals surface area contributed by atoms with Gasteiger partial charge in [0, 0.05) is 34.2 Å². The van der Waals surface area contributed by atoms with Crippen LogP contribution in [0.25, 0.3) is 10.8 Å². The summed E-state index contributed by atoms with van der Waals surface area (Å²) in [5.74, 6) is 0.634. The third-order valence-electron chi connectivity index (χ3n) is 5.31. The second-order valence-corrected chi connectivity index (χ2v) is 8.71. The minimum absolute atomic E-state index is 0.116. The van der Waals surface area contributed by atoms with Crippen LogP contribution in [0.1, 0.15) is 31.2 Å². The van der Waals surface area contributed by atoms with Crippen LogP contribution in [0.3, 0.4) is 0 Å². The Labute approximate surface area is 184 Å². The lowest BCUT2D eigenvalue weighted by Gasteiger charge is -2.30. The fraction of sp³-hybridized carbons (Fsp3) is 0.318. The lowest BCUT2D eigenvalue weighted by atomic mass is 9.92. The van der Waals surface area contributed by atoms with Crippen molar-refractivity contribution in [1.82, 2.24) is 10.3 Å². The van der Waals surface area contributed by atoms with Crippen molar-refractivity contribution in [2.45, 2.75) is 44.4 Å². The molecule has 29 heavy (non-hydrogen) atoms. The van der Waals surface area contributed by atoms with Gasteiger partial charge < -0.3 is 15.0 Å². The van der Waals surface area contributed by atoms with Gasteiger partial charge in [0.05, 0.1) is 11.1 Å². The number of benzene rings is 2. The third-order valence-corrected chi connectivity index (χ3v) is 6.04. The summed E-state index contributed by atoms with van der Waals surface area (Å²) in [6, 6.07) is 11.4. The quantitative estimate of drug-likeness (QED) is 0.502. The van der Waals surface area contributed by atoms with E-state index in [0.717, 1.165) is 43.2 Å². The van der Waals surface area contributed by atoms with E-state index in [1.54, 1.807) is 18.3 Å². The maximum atomic E-state index is 11.9. The van der Waals surface area contributed by atoms with Gasteiger partial charge in [-0.3, -0.25) is 4.79 Å². The van der Waals surface area contributed by atoms with Crippen LogP contribution in [0.5, 0.6) is 5.75 Å². The largest absolute Gasteiger partial charge is 0.489 e. The van der Waals surface area contributed by atoms with Gasteiger partial charge in [0.25, 0.3) is 5.56 Å². The second kappa shape index (κ2) is 8.97. The second-order valence-electron chi connectivity index (χ2n) is 7.43. The number of H-pyrrole nitrogens is 1. The number of pyridine rings is 1. The van der Waals surface area contributed by atoms with Gasteiger partial charge in [0.15, 0.2) is 0 Å². The van der Waals surface area contributed by atoms with Gasteiger partial charge in [-0.25, -0.2) is 0 Å². The Kier molecular flexibility index (Phi) is 6.35. The summed E-state index contributed by atoms with van der Waals surface area (Å²) in [6.45, 7) is 0.738. The summed E-state index contributed by atoms with van der Waals surface area (Å²) in [4.78, 5) is 14.6. The smallest absolute Gasteiger partial charge is 0.255 e. The van der Waals surface area contributed by atoms with Crippen molar-refractivity contribution in [3.8, 4) is 5.75 Å². The minimum Gasteiger partial charge on any atom is -0.489 e. The van der Waals surface area contributed by atoms with Gasteiger partial charge in [0.2, 0.25) is 0 Å². The zero-order chi connectivity index (χ0) is 20.4. The molecule has 4 nitrogen and oxygen atoms in total. The van der Waals surface area contributed by atoms with E-state index in [-0.39, 0.29) is 11.7 Å². The fourth-order valence-corrected chi connectivity index (χ4v) is 4.60. The molecule has 4 rings (SSSR count). The van der Waals surface area contributed by atoms with Gasteiger partial charge in [-0.05, 0) is 73.0 Å². The number of halogens is 3. The van der Waals surface area contributed by atoms with Crippen LogP contribution in [0.4, 0.5) is 0 Å². The normalized spacial score (nSPS) is 19.4. The van der Waals surface area contributed by atoms with E-state index in [4.69, 9.17) is 39.5 Å². The summed E-state index contributed by atoms with van der Waals surface area (Å²) in [7, 11) is 0.